The summed E-state index contributed by atoms with van der Waals surface area (Å²) >= 11 is 7.58. The Balaban J connectivity index is 1.29. The maximum Gasteiger partial charge on any atom is 0.245 e. The first-order valence-electron chi connectivity index (χ1n) is 8.95. The first-order chi connectivity index (χ1) is 13.2. The number of aromatic amines is 1. The second kappa shape index (κ2) is 8.19. The number of aromatic nitrogens is 1. The van der Waals surface area contributed by atoms with Crippen molar-refractivity contribution < 1.29 is 4.79 Å². The van der Waals surface area contributed by atoms with E-state index in [0.29, 0.717) is 12.3 Å². The maximum absolute atomic E-state index is 12.4. The molecule has 0 saturated heterocycles. The van der Waals surface area contributed by atoms with Crippen molar-refractivity contribution >= 4 is 45.2 Å². The predicted octanol–water partition coefficient (Wildman–Crippen LogP) is 4.24. The lowest BCUT2D eigenvalue weighted by atomic mass is 10.1. The first kappa shape index (κ1) is 18.1. The molecule has 2 N–H and O–H groups in total. The Bertz CT molecular complexity index is 981. The minimum atomic E-state index is -0.291. The SMILES string of the molecule is O=C(NCCc1c[nH]c2ccccc12)[C@@H]1CSC(Cc2ccc(Cl)cc2)=N1. The second-order valence-electron chi connectivity index (χ2n) is 6.55. The van der Waals surface area contributed by atoms with Gasteiger partial charge >= 0.3 is 0 Å². The average molecular weight is 398 g/mol. The number of aliphatic imine (C=N–C) groups is 1. The Morgan fingerprint density at radius 3 is 2.89 bits per heavy atom. The standard InChI is InChI=1S/C21H20ClN3OS/c22-16-7-5-14(6-8-16)11-20-25-19(13-27-20)21(26)23-10-9-15-12-24-18-4-2-1-3-17(15)18/h1-8,12,19,24H,9-11,13H2,(H,23,26)/t19-/m0/s1. The van der Waals surface area contributed by atoms with E-state index in [1.54, 1.807) is 11.8 Å². The number of halogens is 1. The van der Waals surface area contributed by atoms with Crippen LogP contribution in [-0.2, 0) is 17.6 Å². The molecular weight excluding hydrogens is 378 g/mol. The van der Waals surface area contributed by atoms with Crippen LogP contribution < -0.4 is 5.32 Å². The fourth-order valence-corrected chi connectivity index (χ4v) is 4.38. The van der Waals surface area contributed by atoms with Crippen LogP contribution in [0.15, 0.2) is 59.7 Å². The molecule has 1 atom stereocenters. The summed E-state index contributed by atoms with van der Waals surface area (Å²) in [6.45, 7) is 0.615. The second-order valence-corrected chi connectivity index (χ2v) is 8.08. The number of fused-ring (bicyclic) bond motifs is 1. The van der Waals surface area contributed by atoms with Crippen LogP contribution in [0.4, 0.5) is 0 Å². The maximum atomic E-state index is 12.4. The monoisotopic (exact) mass is 397 g/mol. The molecule has 0 bridgehead atoms. The molecule has 1 aliphatic heterocycles. The van der Waals surface area contributed by atoms with Gasteiger partial charge in [0.15, 0.2) is 0 Å². The molecule has 1 aromatic heterocycles. The Morgan fingerprint density at radius 2 is 2.04 bits per heavy atom. The molecule has 1 amide bonds. The third-order valence-corrected chi connectivity index (χ3v) is 5.96. The van der Waals surface area contributed by atoms with E-state index in [0.717, 1.165) is 34.0 Å². The molecule has 1 aliphatic rings. The molecule has 0 spiro atoms. The van der Waals surface area contributed by atoms with Crippen molar-refractivity contribution in [2.24, 2.45) is 4.99 Å². The third-order valence-electron chi connectivity index (χ3n) is 4.65. The van der Waals surface area contributed by atoms with Gasteiger partial charge < -0.3 is 10.3 Å². The van der Waals surface area contributed by atoms with Gasteiger partial charge in [-0.2, -0.15) is 0 Å². The largest absolute Gasteiger partial charge is 0.361 e. The molecule has 138 valence electrons. The Kier molecular flexibility index (Phi) is 5.50. The van der Waals surface area contributed by atoms with E-state index in [1.165, 1.54) is 10.9 Å². The lowest BCUT2D eigenvalue weighted by Crippen LogP contribution is -2.35. The smallest absolute Gasteiger partial charge is 0.245 e. The minimum Gasteiger partial charge on any atom is -0.361 e. The van der Waals surface area contributed by atoms with E-state index in [2.05, 4.69) is 27.4 Å². The van der Waals surface area contributed by atoms with E-state index >= 15 is 0 Å². The van der Waals surface area contributed by atoms with Gasteiger partial charge in [0.05, 0.1) is 5.04 Å². The number of hydrogen-bond donors (Lipinski definition) is 2. The Labute approximate surface area is 167 Å². The van der Waals surface area contributed by atoms with Gasteiger partial charge in [0.2, 0.25) is 5.91 Å². The van der Waals surface area contributed by atoms with Crippen LogP contribution in [-0.4, -0.2) is 34.3 Å². The van der Waals surface area contributed by atoms with Gasteiger partial charge in [-0.3, -0.25) is 9.79 Å². The van der Waals surface area contributed by atoms with Crippen molar-refractivity contribution in [1.82, 2.24) is 10.3 Å². The van der Waals surface area contributed by atoms with Crippen molar-refractivity contribution in [1.29, 1.82) is 0 Å². The minimum absolute atomic E-state index is 0.00782. The van der Waals surface area contributed by atoms with E-state index < -0.39 is 0 Å². The quantitative estimate of drug-likeness (QED) is 0.653. The normalized spacial score (nSPS) is 16.5. The van der Waals surface area contributed by atoms with Crippen molar-refractivity contribution in [2.45, 2.75) is 18.9 Å². The Hall–Kier alpha value is -2.24. The zero-order chi connectivity index (χ0) is 18.6. The number of H-pyrrole nitrogens is 1. The van der Waals surface area contributed by atoms with Crippen LogP contribution in [0.25, 0.3) is 10.9 Å². The number of thioether (sulfide) groups is 1. The molecule has 4 rings (SSSR count). The highest BCUT2D eigenvalue weighted by molar-refractivity contribution is 8.14. The van der Waals surface area contributed by atoms with Crippen molar-refractivity contribution in [2.75, 3.05) is 12.3 Å². The van der Waals surface area contributed by atoms with Gasteiger partial charge in [-0.1, -0.05) is 41.9 Å². The van der Waals surface area contributed by atoms with Gasteiger partial charge in [-0.05, 0) is 35.7 Å². The first-order valence-corrected chi connectivity index (χ1v) is 10.3. The molecular formula is C21H20ClN3OS. The molecule has 0 unspecified atom stereocenters. The van der Waals surface area contributed by atoms with Gasteiger partial charge in [-0.15, -0.1) is 11.8 Å². The van der Waals surface area contributed by atoms with E-state index in [9.17, 15) is 4.79 Å². The molecule has 3 aromatic rings. The number of amides is 1. The summed E-state index contributed by atoms with van der Waals surface area (Å²) in [5.41, 5.74) is 3.51. The zero-order valence-corrected chi connectivity index (χ0v) is 16.3. The third kappa shape index (κ3) is 4.37. The van der Waals surface area contributed by atoms with Crippen molar-refractivity contribution in [3.63, 3.8) is 0 Å². The van der Waals surface area contributed by atoms with Crippen LogP contribution in [0.5, 0.6) is 0 Å². The fourth-order valence-electron chi connectivity index (χ4n) is 3.21. The van der Waals surface area contributed by atoms with Gasteiger partial charge in [0, 0.05) is 40.8 Å². The number of carbonyl (C=O) groups is 1. The topological polar surface area (TPSA) is 57.2 Å². The molecule has 27 heavy (non-hydrogen) atoms. The highest BCUT2D eigenvalue weighted by atomic mass is 35.5. The average Bonchev–Trinajstić information content (AvgIpc) is 3.31. The molecule has 2 aromatic carbocycles. The Morgan fingerprint density at radius 1 is 1.22 bits per heavy atom. The summed E-state index contributed by atoms with van der Waals surface area (Å²) in [5.74, 6) is 0.718. The van der Waals surface area contributed by atoms with Crippen molar-refractivity contribution in [3.05, 3.63) is 70.9 Å². The van der Waals surface area contributed by atoms with Crippen LogP contribution >= 0.6 is 23.4 Å². The lowest BCUT2D eigenvalue weighted by Gasteiger charge is -2.07. The summed E-state index contributed by atoms with van der Waals surface area (Å²) in [6, 6.07) is 15.7. The molecule has 2 heterocycles. The molecule has 4 nitrogen and oxygen atoms in total. The molecule has 6 heteroatoms. The van der Waals surface area contributed by atoms with E-state index in [1.807, 2.05) is 42.6 Å². The summed E-state index contributed by atoms with van der Waals surface area (Å²) in [4.78, 5) is 20.3. The number of benzene rings is 2. The van der Waals surface area contributed by atoms with Crippen LogP contribution in [0, 0.1) is 0 Å². The molecule has 0 radical (unpaired) electrons. The number of carbonyl (C=O) groups excluding carboxylic acids is 1. The lowest BCUT2D eigenvalue weighted by molar-refractivity contribution is -0.121. The van der Waals surface area contributed by atoms with Gasteiger partial charge in [0.25, 0.3) is 0 Å². The summed E-state index contributed by atoms with van der Waals surface area (Å²) in [5, 5.41) is 5.98. The highest BCUT2D eigenvalue weighted by Crippen LogP contribution is 2.22. The number of hydrogen-bond acceptors (Lipinski definition) is 3. The van der Waals surface area contributed by atoms with Crippen LogP contribution in [0.3, 0.4) is 0 Å². The summed E-state index contributed by atoms with van der Waals surface area (Å²) in [7, 11) is 0. The molecule has 0 aliphatic carbocycles. The van der Waals surface area contributed by atoms with Gasteiger partial charge in [-0.25, -0.2) is 0 Å². The van der Waals surface area contributed by atoms with Crippen LogP contribution in [0.2, 0.25) is 5.02 Å². The predicted molar refractivity (Wildman–Crippen MR) is 114 cm³/mol. The van der Waals surface area contributed by atoms with E-state index in [4.69, 9.17) is 11.6 Å². The summed E-state index contributed by atoms with van der Waals surface area (Å²) in [6.07, 6.45) is 3.57. The molecule has 0 fully saturated rings. The van der Waals surface area contributed by atoms with Crippen LogP contribution in [0.1, 0.15) is 11.1 Å². The number of rotatable bonds is 6. The number of nitrogens with zero attached hydrogens (tertiary/aromatic N) is 1. The molecule has 0 saturated carbocycles. The van der Waals surface area contributed by atoms with E-state index in [-0.39, 0.29) is 11.9 Å². The number of nitrogens with one attached hydrogen (secondary N) is 2. The van der Waals surface area contributed by atoms with Crippen molar-refractivity contribution in [3.8, 4) is 0 Å². The fraction of sp³-hybridized carbons (Fsp3) is 0.238. The number of para-hydroxylation sites is 1. The summed E-state index contributed by atoms with van der Waals surface area (Å²) < 4.78 is 0. The van der Waals surface area contributed by atoms with Gasteiger partial charge in [0.1, 0.15) is 6.04 Å². The highest BCUT2D eigenvalue weighted by Gasteiger charge is 2.24. The zero-order valence-electron chi connectivity index (χ0n) is 14.7.